The molecular weight excluding hydrogens is 270 g/mol. The first-order chi connectivity index (χ1) is 9.81. The molecule has 0 saturated heterocycles. The van der Waals surface area contributed by atoms with Crippen LogP contribution in [0.5, 0.6) is 0 Å². The summed E-state index contributed by atoms with van der Waals surface area (Å²) in [7, 11) is 0. The molecule has 3 nitrogen and oxygen atoms in total. The third-order valence-electron chi connectivity index (χ3n) is 4.59. The fraction of sp³-hybridized carbons (Fsp3) is 0.438. The summed E-state index contributed by atoms with van der Waals surface area (Å²) >= 11 is 6.02. The normalized spacial score (nSPS) is 22.6. The van der Waals surface area contributed by atoms with Crippen LogP contribution in [0.2, 0.25) is 5.02 Å². The SMILES string of the molecule is Clc1ccc2c(c1)ncn2CC1CC=CN1C1CCC1. The van der Waals surface area contributed by atoms with Gasteiger partial charge in [-0.25, -0.2) is 4.98 Å². The summed E-state index contributed by atoms with van der Waals surface area (Å²) in [5.41, 5.74) is 2.16. The van der Waals surface area contributed by atoms with E-state index in [2.05, 4.69) is 32.8 Å². The van der Waals surface area contributed by atoms with E-state index in [4.69, 9.17) is 11.6 Å². The molecule has 2 aromatic rings. The van der Waals surface area contributed by atoms with Gasteiger partial charge < -0.3 is 9.47 Å². The van der Waals surface area contributed by atoms with Crippen molar-refractivity contribution in [2.24, 2.45) is 0 Å². The molecule has 1 fully saturated rings. The molecule has 2 aliphatic rings. The Labute approximate surface area is 123 Å². The molecule has 1 atom stereocenters. The molecule has 20 heavy (non-hydrogen) atoms. The number of benzene rings is 1. The van der Waals surface area contributed by atoms with Gasteiger partial charge in [0, 0.05) is 17.6 Å². The van der Waals surface area contributed by atoms with Crippen molar-refractivity contribution in [2.75, 3.05) is 0 Å². The maximum absolute atomic E-state index is 6.02. The van der Waals surface area contributed by atoms with Gasteiger partial charge in [-0.15, -0.1) is 0 Å². The Morgan fingerprint density at radius 2 is 2.20 bits per heavy atom. The number of rotatable bonds is 3. The fourth-order valence-electron chi connectivity index (χ4n) is 3.27. The number of hydrogen-bond acceptors (Lipinski definition) is 2. The predicted octanol–water partition coefficient (Wildman–Crippen LogP) is 3.83. The van der Waals surface area contributed by atoms with Gasteiger partial charge in [0.1, 0.15) is 0 Å². The zero-order valence-electron chi connectivity index (χ0n) is 11.4. The molecule has 0 amide bonds. The minimum atomic E-state index is 0.577. The Hall–Kier alpha value is -1.48. The van der Waals surface area contributed by atoms with Gasteiger partial charge in [0.25, 0.3) is 0 Å². The van der Waals surface area contributed by atoms with E-state index in [0.29, 0.717) is 6.04 Å². The topological polar surface area (TPSA) is 21.1 Å². The van der Waals surface area contributed by atoms with Gasteiger partial charge in [-0.1, -0.05) is 17.7 Å². The summed E-state index contributed by atoms with van der Waals surface area (Å²) < 4.78 is 2.26. The van der Waals surface area contributed by atoms with E-state index in [1.165, 1.54) is 24.8 Å². The molecule has 1 aromatic heterocycles. The summed E-state index contributed by atoms with van der Waals surface area (Å²) in [5.74, 6) is 0. The van der Waals surface area contributed by atoms with E-state index in [9.17, 15) is 0 Å². The zero-order valence-corrected chi connectivity index (χ0v) is 12.1. The summed E-state index contributed by atoms with van der Waals surface area (Å²) in [5, 5.41) is 0.751. The summed E-state index contributed by atoms with van der Waals surface area (Å²) in [6, 6.07) is 7.29. The Bertz CT molecular complexity index is 657. The van der Waals surface area contributed by atoms with Crippen molar-refractivity contribution in [3.05, 3.63) is 41.8 Å². The molecule has 0 spiro atoms. The molecule has 2 heterocycles. The lowest BCUT2D eigenvalue weighted by molar-refractivity contribution is 0.138. The molecule has 1 aliphatic carbocycles. The van der Waals surface area contributed by atoms with Crippen LogP contribution in [0.25, 0.3) is 11.0 Å². The van der Waals surface area contributed by atoms with Crippen molar-refractivity contribution >= 4 is 22.6 Å². The maximum atomic E-state index is 6.02. The maximum Gasteiger partial charge on any atom is 0.0959 e. The van der Waals surface area contributed by atoms with Crippen LogP contribution in [0.15, 0.2) is 36.8 Å². The van der Waals surface area contributed by atoms with E-state index in [0.717, 1.165) is 29.5 Å². The fourth-order valence-corrected chi connectivity index (χ4v) is 3.43. The summed E-state index contributed by atoms with van der Waals surface area (Å²) in [6.45, 7) is 1.00. The van der Waals surface area contributed by atoms with E-state index in [1.807, 2.05) is 18.5 Å². The van der Waals surface area contributed by atoms with Crippen molar-refractivity contribution in [1.82, 2.24) is 14.5 Å². The second kappa shape index (κ2) is 4.81. The summed E-state index contributed by atoms with van der Waals surface area (Å²) in [6.07, 6.45) is 11.8. The van der Waals surface area contributed by atoms with Gasteiger partial charge >= 0.3 is 0 Å². The summed E-state index contributed by atoms with van der Waals surface area (Å²) in [4.78, 5) is 7.03. The van der Waals surface area contributed by atoms with Crippen LogP contribution in [0.1, 0.15) is 25.7 Å². The van der Waals surface area contributed by atoms with Crippen LogP contribution in [0, 0.1) is 0 Å². The lowest BCUT2D eigenvalue weighted by Crippen LogP contribution is -2.42. The van der Waals surface area contributed by atoms with Gasteiger partial charge in [0.05, 0.1) is 23.4 Å². The van der Waals surface area contributed by atoms with Crippen LogP contribution in [-0.4, -0.2) is 26.5 Å². The van der Waals surface area contributed by atoms with Crippen LogP contribution in [0.3, 0.4) is 0 Å². The van der Waals surface area contributed by atoms with Crippen molar-refractivity contribution in [3.63, 3.8) is 0 Å². The lowest BCUT2D eigenvalue weighted by Gasteiger charge is -2.39. The Balaban J connectivity index is 1.58. The van der Waals surface area contributed by atoms with Gasteiger partial charge in [-0.05, 0) is 50.1 Å². The first-order valence-electron chi connectivity index (χ1n) is 7.36. The average molecular weight is 288 g/mol. The highest BCUT2D eigenvalue weighted by Gasteiger charge is 2.30. The first-order valence-corrected chi connectivity index (χ1v) is 7.73. The Kier molecular flexibility index (Phi) is 2.95. The van der Waals surface area contributed by atoms with Gasteiger partial charge in [0.15, 0.2) is 0 Å². The highest BCUT2D eigenvalue weighted by atomic mass is 35.5. The quantitative estimate of drug-likeness (QED) is 0.855. The predicted molar refractivity (Wildman–Crippen MR) is 81.8 cm³/mol. The standard InChI is InChI=1S/C16H18ClN3/c17-12-6-7-16-15(9-12)18-11-19(16)10-14-5-2-8-20(14)13-3-1-4-13/h2,6-9,11,13-14H,1,3-5,10H2. The monoisotopic (exact) mass is 287 g/mol. The number of aromatic nitrogens is 2. The molecule has 0 radical (unpaired) electrons. The zero-order chi connectivity index (χ0) is 13.5. The van der Waals surface area contributed by atoms with Gasteiger partial charge in [-0.2, -0.15) is 0 Å². The lowest BCUT2D eigenvalue weighted by atomic mass is 9.91. The van der Waals surface area contributed by atoms with E-state index in [1.54, 1.807) is 0 Å². The van der Waals surface area contributed by atoms with Crippen molar-refractivity contribution in [1.29, 1.82) is 0 Å². The highest BCUT2D eigenvalue weighted by molar-refractivity contribution is 6.31. The Morgan fingerprint density at radius 3 is 3.00 bits per heavy atom. The minimum absolute atomic E-state index is 0.577. The van der Waals surface area contributed by atoms with Crippen LogP contribution in [0.4, 0.5) is 0 Å². The molecule has 1 saturated carbocycles. The van der Waals surface area contributed by atoms with Crippen LogP contribution in [-0.2, 0) is 6.54 Å². The van der Waals surface area contributed by atoms with Crippen molar-refractivity contribution < 1.29 is 0 Å². The second-order valence-corrected chi connectivity index (χ2v) is 6.27. The molecular formula is C16H18ClN3. The molecule has 1 aromatic carbocycles. The van der Waals surface area contributed by atoms with E-state index < -0.39 is 0 Å². The number of fused-ring (bicyclic) bond motifs is 1. The third-order valence-corrected chi connectivity index (χ3v) is 4.83. The van der Waals surface area contributed by atoms with Crippen molar-refractivity contribution in [3.8, 4) is 0 Å². The minimum Gasteiger partial charge on any atom is -0.370 e. The smallest absolute Gasteiger partial charge is 0.0959 e. The molecule has 104 valence electrons. The highest BCUT2D eigenvalue weighted by Crippen LogP contribution is 2.31. The molecule has 1 aliphatic heterocycles. The van der Waals surface area contributed by atoms with Crippen LogP contribution < -0.4 is 0 Å². The number of nitrogens with zero attached hydrogens (tertiary/aromatic N) is 3. The van der Waals surface area contributed by atoms with Gasteiger partial charge in [-0.3, -0.25) is 0 Å². The molecule has 1 unspecified atom stereocenters. The van der Waals surface area contributed by atoms with E-state index >= 15 is 0 Å². The molecule has 0 bridgehead atoms. The molecule has 0 N–H and O–H groups in total. The number of imidazole rings is 1. The molecule has 4 heteroatoms. The van der Waals surface area contributed by atoms with Crippen LogP contribution >= 0.6 is 11.6 Å². The Morgan fingerprint density at radius 1 is 1.30 bits per heavy atom. The average Bonchev–Trinajstić information content (AvgIpc) is 2.96. The third kappa shape index (κ3) is 2.01. The second-order valence-electron chi connectivity index (χ2n) is 5.84. The van der Waals surface area contributed by atoms with Crippen molar-refractivity contribution in [2.45, 2.75) is 44.3 Å². The number of halogens is 1. The number of hydrogen-bond donors (Lipinski definition) is 0. The van der Waals surface area contributed by atoms with Gasteiger partial charge in [0.2, 0.25) is 0 Å². The largest absolute Gasteiger partial charge is 0.370 e. The molecule has 4 rings (SSSR count). The van der Waals surface area contributed by atoms with E-state index in [-0.39, 0.29) is 0 Å². The first kappa shape index (κ1) is 12.3.